The topological polar surface area (TPSA) is 76.7 Å². The molecule has 0 aliphatic rings. The number of likely N-dealkylation sites (N-methyl/N-ethyl adjacent to an activating group) is 1. The van der Waals surface area contributed by atoms with Crippen LogP contribution in [0, 0.1) is 22.9 Å². The van der Waals surface area contributed by atoms with Gasteiger partial charge in [0.05, 0.1) is 22.6 Å². The number of anilines is 1. The molecule has 0 aliphatic carbocycles. The van der Waals surface area contributed by atoms with Crippen molar-refractivity contribution in [1.82, 2.24) is 0 Å². The number of nitro groups is 1. The molecule has 132 valence electrons. The summed E-state index contributed by atoms with van der Waals surface area (Å²) in [6.07, 6.45) is 0. The van der Waals surface area contributed by atoms with E-state index in [4.69, 9.17) is 11.6 Å². The fourth-order valence-electron chi connectivity index (χ4n) is 2.49. The quantitative estimate of drug-likeness (QED) is 0.608. The molecule has 2 aromatic carbocycles. The Kier molecular flexibility index (Phi) is 6.06. The second-order valence-electron chi connectivity index (χ2n) is 5.79. The van der Waals surface area contributed by atoms with E-state index in [1.807, 2.05) is 0 Å². The number of hydrogen-bond acceptors (Lipinski definition) is 3. The van der Waals surface area contributed by atoms with Crippen molar-refractivity contribution in [3.63, 3.8) is 0 Å². The van der Waals surface area contributed by atoms with Crippen LogP contribution in [0.15, 0.2) is 36.4 Å². The normalized spacial score (nSPS) is 11.8. The number of carbonyl (C=O) groups excluding carboxylic acids is 1. The number of benzene rings is 2. The van der Waals surface area contributed by atoms with Gasteiger partial charge in [-0.1, -0.05) is 29.8 Å². The van der Waals surface area contributed by atoms with Crippen LogP contribution in [0.4, 0.5) is 15.8 Å². The SMILES string of the molecule is Cc1cccc([N+](=O)[O-])c1NC(=O)C[NH+](C)Cc1c(F)cccc1Cl. The maximum atomic E-state index is 13.8. The molecule has 0 saturated heterocycles. The van der Waals surface area contributed by atoms with Gasteiger partial charge in [-0.2, -0.15) is 0 Å². The first-order chi connectivity index (χ1) is 11.8. The average molecular weight is 367 g/mol. The standard InChI is InChI=1S/C17H17ClFN3O3/c1-11-5-3-8-15(22(24)25)17(11)20-16(23)10-21(2)9-12-13(18)6-4-7-14(12)19/h3-8H,9-10H2,1-2H3,(H,20,23)/p+1. The van der Waals surface area contributed by atoms with E-state index in [-0.39, 0.29) is 24.5 Å². The number of nitrogens with zero attached hydrogens (tertiary/aromatic N) is 1. The van der Waals surface area contributed by atoms with E-state index in [1.165, 1.54) is 18.2 Å². The number of rotatable bonds is 6. The predicted molar refractivity (Wildman–Crippen MR) is 93.3 cm³/mol. The average Bonchev–Trinajstić information content (AvgIpc) is 2.52. The lowest BCUT2D eigenvalue weighted by Crippen LogP contribution is -3.08. The summed E-state index contributed by atoms with van der Waals surface area (Å²) in [6.45, 7) is 1.91. The Morgan fingerprint density at radius 1 is 1.32 bits per heavy atom. The number of para-hydroxylation sites is 1. The summed E-state index contributed by atoms with van der Waals surface area (Å²) in [6, 6.07) is 8.98. The van der Waals surface area contributed by atoms with E-state index in [1.54, 1.807) is 32.2 Å². The summed E-state index contributed by atoms with van der Waals surface area (Å²) >= 11 is 5.99. The van der Waals surface area contributed by atoms with Crippen LogP contribution >= 0.6 is 11.6 Å². The van der Waals surface area contributed by atoms with Gasteiger partial charge in [0.1, 0.15) is 18.0 Å². The summed E-state index contributed by atoms with van der Waals surface area (Å²) in [5, 5.41) is 14.0. The van der Waals surface area contributed by atoms with Crippen LogP contribution in [0.2, 0.25) is 5.02 Å². The minimum atomic E-state index is -0.543. The first-order valence-corrected chi connectivity index (χ1v) is 7.95. The van der Waals surface area contributed by atoms with Crippen LogP contribution < -0.4 is 10.2 Å². The second-order valence-corrected chi connectivity index (χ2v) is 6.19. The van der Waals surface area contributed by atoms with E-state index in [0.717, 1.165) is 0 Å². The Bertz CT molecular complexity index is 793. The van der Waals surface area contributed by atoms with Crippen molar-refractivity contribution in [3.8, 4) is 0 Å². The number of carbonyl (C=O) groups is 1. The van der Waals surface area contributed by atoms with Gasteiger partial charge >= 0.3 is 0 Å². The molecule has 1 atom stereocenters. The van der Waals surface area contributed by atoms with Gasteiger partial charge in [0.25, 0.3) is 11.6 Å². The second kappa shape index (κ2) is 8.04. The molecule has 1 unspecified atom stereocenters. The van der Waals surface area contributed by atoms with E-state index in [9.17, 15) is 19.3 Å². The van der Waals surface area contributed by atoms with Gasteiger partial charge in [-0.05, 0) is 24.6 Å². The molecule has 2 aromatic rings. The van der Waals surface area contributed by atoms with Crippen molar-refractivity contribution in [2.45, 2.75) is 13.5 Å². The Morgan fingerprint density at radius 3 is 2.64 bits per heavy atom. The molecular weight excluding hydrogens is 349 g/mol. The van der Waals surface area contributed by atoms with Gasteiger partial charge < -0.3 is 10.2 Å². The maximum absolute atomic E-state index is 13.8. The number of hydrogen-bond donors (Lipinski definition) is 2. The Balaban J connectivity index is 2.07. The molecule has 0 radical (unpaired) electrons. The summed E-state index contributed by atoms with van der Waals surface area (Å²) < 4.78 is 13.8. The number of nitro benzene ring substituents is 1. The van der Waals surface area contributed by atoms with Gasteiger partial charge in [-0.15, -0.1) is 0 Å². The van der Waals surface area contributed by atoms with Crippen LogP contribution in [0.3, 0.4) is 0 Å². The van der Waals surface area contributed by atoms with Crippen molar-refractivity contribution in [2.75, 3.05) is 18.9 Å². The molecule has 0 bridgehead atoms. The van der Waals surface area contributed by atoms with E-state index < -0.39 is 16.6 Å². The Hall–Kier alpha value is -2.51. The highest BCUT2D eigenvalue weighted by molar-refractivity contribution is 6.31. The molecule has 25 heavy (non-hydrogen) atoms. The van der Waals surface area contributed by atoms with E-state index in [0.29, 0.717) is 21.0 Å². The van der Waals surface area contributed by atoms with Gasteiger partial charge in [-0.25, -0.2) is 4.39 Å². The molecule has 6 nitrogen and oxygen atoms in total. The minimum absolute atomic E-state index is 0.0101. The Morgan fingerprint density at radius 2 is 2.00 bits per heavy atom. The number of halogens is 2. The fourth-order valence-corrected chi connectivity index (χ4v) is 2.72. The smallest absolute Gasteiger partial charge is 0.293 e. The molecule has 0 aromatic heterocycles. The van der Waals surface area contributed by atoms with Crippen molar-refractivity contribution in [1.29, 1.82) is 0 Å². The summed E-state index contributed by atoms with van der Waals surface area (Å²) in [5.74, 6) is -0.829. The van der Waals surface area contributed by atoms with Crippen LogP contribution in [-0.2, 0) is 11.3 Å². The molecule has 2 rings (SSSR count). The third-order valence-corrected chi connectivity index (χ3v) is 4.07. The molecule has 0 saturated carbocycles. The minimum Gasteiger partial charge on any atom is -0.326 e. The van der Waals surface area contributed by atoms with Crippen LogP contribution in [0.1, 0.15) is 11.1 Å². The fraction of sp³-hybridized carbons (Fsp3) is 0.235. The third kappa shape index (κ3) is 4.74. The predicted octanol–water partition coefficient (Wildman–Crippen LogP) is 2.35. The number of nitrogens with one attached hydrogen (secondary N) is 2. The highest BCUT2D eigenvalue weighted by Crippen LogP contribution is 2.27. The van der Waals surface area contributed by atoms with E-state index >= 15 is 0 Å². The number of quaternary nitrogens is 1. The molecule has 2 N–H and O–H groups in total. The van der Waals surface area contributed by atoms with Crippen molar-refractivity contribution in [3.05, 3.63) is 68.5 Å². The van der Waals surface area contributed by atoms with Gasteiger partial charge in [0.2, 0.25) is 0 Å². The lowest BCUT2D eigenvalue weighted by Gasteiger charge is -2.15. The number of amides is 1. The molecule has 0 aliphatic heterocycles. The zero-order chi connectivity index (χ0) is 18.6. The van der Waals surface area contributed by atoms with Gasteiger partial charge in [-0.3, -0.25) is 14.9 Å². The third-order valence-electron chi connectivity index (χ3n) is 3.71. The van der Waals surface area contributed by atoms with Crippen molar-refractivity contribution >= 4 is 28.9 Å². The van der Waals surface area contributed by atoms with Crippen LogP contribution in [0.25, 0.3) is 0 Å². The first-order valence-electron chi connectivity index (χ1n) is 7.57. The zero-order valence-corrected chi connectivity index (χ0v) is 14.6. The molecule has 0 fully saturated rings. The van der Waals surface area contributed by atoms with Crippen LogP contribution in [-0.4, -0.2) is 24.4 Å². The largest absolute Gasteiger partial charge is 0.326 e. The zero-order valence-electron chi connectivity index (χ0n) is 13.8. The molecule has 8 heteroatoms. The maximum Gasteiger partial charge on any atom is 0.293 e. The summed E-state index contributed by atoms with van der Waals surface area (Å²) in [4.78, 5) is 23.5. The highest BCUT2D eigenvalue weighted by atomic mass is 35.5. The first kappa shape index (κ1) is 18.8. The molecular formula is C17H18ClFN3O3+. The molecule has 0 heterocycles. The summed E-state index contributed by atoms with van der Waals surface area (Å²) in [7, 11) is 1.72. The lowest BCUT2D eigenvalue weighted by molar-refractivity contribution is -0.885. The highest BCUT2D eigenvalue weighted by Gasteiger charge is 2.20. The molecule has 0 spiro atoms. The Labute approximate surface area is 149 Å². The summed E-state index contributed by atoms with van der Waals surface area (Å²) in [5.41, 5.74) is 0.936. The monoisotopic (exact) mass is 366 g/mol. The van der Waals surface area contributed by atoms with Crippen molar-refractivity contribution in [2.24, 2.45) is 0 Å². The lowest BCUT2D eigenvalue weighted by atomic mass is 10.1. The molecule has 1 amide bonds. The van der Waals surface area contributed by atoms with Gasteiger partial charge in [0.15, 0.2) is 6.54 Å². The van der Waals surface area contributed by atoms with Crippen molar-refractivity contribution < 1.29 is 19.0 Å². The number of aryl methyl sites for hydroxylation is 1. The van der Waals surface area contributed by atoms with Crippen LogP contribution in [0.5, 0.6) is 0 Å². The van der Waals surface area contributed by atoms with Gasteiger partial charge in [0, 0.05) is 6.07 Å². The van der Waals surface area contributed by atoms with E-state index in [2.05, 4.69) is 5.32 Å².